The molecule has 0 amide bonds. The van der Waals surface area contributed by atoms with Crippen LogP contribution in [0.5, 0.6) is 0 Å². The molecule has 0 spiro atoms. The average Bonchev–Trinajstić information content (AvgIpc) is 2.14. The van der Waals surface area contributed by atoms with Gasteiger partial charge in [-0.05, 0) is 25.7 Å². The van der Waals surface area contributed by atoms with Gasteiger partial charge in [0.15, 0.2) is 14.9 Å². The van der Waals surface area contributed by atoms with Crippen LogP contribution in [0.1, 0.15) is 19.8 Å². The Bertz CT molecular complexity index is 449. The number of hydrogen-bond donors (Lipinski definition) is 0. The van der Waals surface area contributed by atoms with Crippen molar-refractivity contribution in [1.29, 1.82) is 0 Å². The molecular weight excluding hydrogens is 286 g/mol. The predicted octanol–water partition coefficient (Wildman–Crippen LogP) is 0.658. The molecule has 0 saturated carbocycles. The van der Waals surface area contributed by atoms with E-state index in [0.717, 1.165) is 6.26 Å². The van der Waals surface area contributed by atoms with Crippen LogP contribution in [0.3, 0.4) is 0 Å². The molecule has 1 unspecified atom stereocenters. The zero-order valence-corrected chi connectivity index (χ0v) is 12.4. The van der Waals surface area contributed by atoms with E-state index in [0.29, 0.717) is 31.8 Å². The van der Waals surface area contributed by atoms with E-state index in [1.807, 2.05) is 6.92 Å². The van der Waals surface area contributed by atoms with Gasteiger partial charge in [0.25, 0.3) is 0 Å². The summed E-state index contributed by atoms with van der Waals surface area (Å²) < 4.78 is 46.9. The molecule has 0 N–H and O–H groups in total. The number of rotatable bonds is 4. The highest BCUT2D eigenvalue weighted by atomic mass is 35.5. The van der Waals surface area contributed by atoms with E-state index >= 15 is 0 Å². The van der Waals surface area contributed by atoms with Crippen molar-refractivity contribution < 1.29 is 16.8 Å². The van der Waals surface area contributed by atoms with Gasteiger partial charge < -0.3 is 0 Å². The average molecular weight is 304 g/mol. The predicted molar refractivity (Wildman–Crippen MR) is 68.2 cm³/mol. The molecule has 0 aromatic carbocycles. The summed E-state index contributed by atoms with van der Waals surface area (Å²) >= 11 is 5.96. The summed E-state index contributed by atoms with van der Waals surface area (Å²) in [5.74, 6) is 0.307. The molecule has 0 aromatic rings. The van der Waals surface area contributed by atoms with Gasteiger partial charge in [0, 0.05) is 24.7 Å². The molecule has 102 valence electrons. The van der Waals surface area contributed by atoms with E-state index in [2.05, 4.69) is 0 Å². The lowest BCUT2D eigenvalue weighted by atomic mass is 9.95. The molecule has 1 atom stereocenters. The van der Waals surface area contributed by atoms with Gasteiger partial charge in [0.1, 0.15) is 0 Å². The topological polar surface area (TPSA) is 71.5 Å². The van der Waals surface area contributed by atoms with Gasteiger partial charge in [-0.1, -0.05) is 0 Å². The Labute approximate surface area is 108 Å². The van der Waals surface area contributed by atoms with E-state index < -0.39 is 24.9 Å². The zero-order chi connectivity index (χ0) is 13.3. The van der Waals surface area contributed by atoms with Crippen molar-refractivity contribution in [1.82, 2.24) is 4.31 Å². The second kappa shape index (κ2) is 5.42. The second-order valence-electron chi connectivity index (χ2n) is 4.57. The molecule has 1 aliphatic rings. The van der Waals surface area contributed by atoms with E-state index in [9.17, 15) is 16.8 Å². The number of hydrogen-bond acceptors (Lipinski definition) is 4. The van der Waals surface area contributed by atoms with Gasteiger partial charge in [-0.15, -0.1) is 11.6 Å². The first-order valence-corrected chi connectivity index (χ1v) is 9.52. The fourth-order valence-corrected chi connectivity index (χ4v) is 5.74. The van der Waals surface area contributed by atoms with Gasteiger partial charge >= 0.3 is 0 Å². The lowest BCUT2D eigenvalue weighted by Crippen LogP contribution is -2.42. The second-order valence-corrected chi connectivity index (χ2v) is 9.73. The van der Waals surface area contributed by atoms with Crippen LogP contribution in [0.2, 0.25) is 0 Å². The maximum Gasteiger partial charge on any atom is 0.228 e. The van der Waals surface area contributed by atoms with Crippen molar-refractivity contribution in [3.05, 3.63) is 0 Å². The third-order valence-electron chi connectivity index (χ3n) is 2.90. The molecule has 1 aliphatic heterocycles. The van der Waals surface area contributed by atoms with Crippen LogP contribution < -0.4 is 0 Å². The molecule has 0 radical (unpaired) electrons. The Balaban J connectivity index is 2.65. The number of halogens is 1. The standard InChI is InChI=1S/C9H18ClNO4S2/c1-8(10)9-3-5-11(6-4-9)17(14,15)7-16(2,12)13/h8-9H,3-7H2,1-2H3. The molecule has 0 bridgehead atoms. The molecule has 8 heteroatoms. The fraction of sp³-hybridized carbons (Fsp3) is 1.00. The minimum atomic E-state index is -3.69. The van der Waals surface area contributed by atoms with Gasteiger partial charge in [-0.2, -0.15) is 0 Å². The third-order valence-corrected chi connectivity index (χ3v) is 7.32. The van der Waals surface area contributed by atoms with E-state index in [4.69, 9.17) is 11.6 Å². The van der Waals surface area contributed by atoms with Crippen LogP contribution in [0.15, 0.2) is 0 Å². The normalized spacial score (nSPS) is 22.5. The molecule has 1 rings (SSSR count). The van der Waals surface area contributed by atoms with Crippen LogP contribution in [-0.2, 0) is 19.9 Å². The van der Waals surface area contributed by atoms with Crippen molar-refractivity contribution in [2.75, 3.05) is 24.4 Å². The smallest absolute Gasteiger partial charge is 0.228 e. The number of alkyl halides is 1. The highest BCUT2D eigenvalue weighted by molar-refractivity contribution is 8.06. The summed E-state index contributed by atoms with van der Waals surface area (Å²) in [6, 6.07) is 0. The first-order chi connectivity index (χ1) is 7.62. The van der Waals surface area contributed by atoms with Gasteiger partial charge in [0.2, 0.25) is 10.0 Å². The lowest BCUT2D eigenvalue weighted by molar-refractivity contribution is 0.272. The van der Waals surface area contributed by atoms with Gasteiger partial charge in [-0.25, -0.2) is 21.1 Å². The maximum atomic E-state index is 11.8. The molecule has 5 nitrogen and oxygen atoms in total. The summed E-state index contributed by atoms with van der Waals surface area (Å²) in [5, 5.41) is -0.782. The van der Waals surface area contributed by atoms with E-state index in [-0.39, 0.29) is 5.38 Å². The summed E-state index contributed by atoms with van der Waals surface area (Å²) in [6.07, 6.45) is 2.31. The van der Waals surface area contributed by atoms with Crippen molar-refractivity contribution in [2.45, 2.75) is 25.1 Å². The molecule has 1 saturated heterocycles. The van der Waals surface area contributed by atoms with Crippen LogP contribution in [0.25, 0.3) is 0 Å². The molecule has 1 heterocycles. The van der Waals surface area contributed by atoms with Crippen LogP contribution in [-0.4, -0.2) is 50.9 Å². The number of nitrogens with zero attached hydrogens (tertiary/aromatic N) is 1. The molecular formula is C9H18ClNO4S2. The number of sulfonamides is 1. The van der Waals surface area contributed by atoms with Gasteiger partial charge in [0.05, 0.1) is 0 Å². The Hall–Kier alpha value is 0.150. The minimum Gasteiger partial charge on any atom is -0.228 e. The molecule has 1 fully saturated rings. The Kier molecular flexibility index (Phi) is 4.85. The Morgan fingerprint density at radius 2 is 1.71 bits per heavy atom. The molecule has 17 heavy (non-hydrogen) atoms. The summed E-state index contributed by atoms with van der Waals surface area (Å²) in [4.78, 5) is 0. The van der Waals surface area contributed by atoms with Crippen molar-refractivity contribution >= 4 is 31.5 Å². The lowest BCUT2D eigenvalue weighted by Gasteiger charge is -2.32. The van der Waals surface area contributed by atoms with Crippen molar-refractivity contribution in [3.8, 4) is 0 Å². The first-order valence-electron chi connectivity index (χ1n) is 5.41. The van der Waals surface area contributed by atoms with Crippen LogP contribution >= 0.6 is 11.6 Å². The zero-order valence-electron chi connectivity index (χ0n) is 9.96. The molecule has 0 aromatic heterocycles. The summed E-state index contributed by atoms with van der Waals surface area (Å²) in [5.41, 5.74) is 0. The molecule has 0 aliphatic carbocycles. The minimum absolute atomic E-state index is 0.0229. The highest BCUT2D eigenvalue weighted by Gasteiger charge is 2.31. The van der Waals surface area contributed by atoms with Crippen LogP contribution in [0.4, 0.5) is 0 Å². The van der Waals surface area contributed by atoms with Crippen molar-refractivity contribution in [3.63, 3.8) is 0 Å². The van der Waals surface area contributed by atoms with Crippen molar-refractivity contribution in [2.24, 2.45) is 5.92 Å². The Morgan fingerprint density at radius 1 is 1.24 bits per heavy atom. The fourth-order valence-electron chi connectivity index (χ4n) is 1.96. The highest BCUT2D eigenvalue weighted by Crippen LogP contribution is 2.25. The number of piperidine rings is 1. The summed E-state index contributed by atoms with van der Waals surface area (Å²) in [6.45, 7) is 2.62. The quantitative estimate of drug-likeness (QED) is 0.715. The largest absolute Gasteiger partial charge is 0.228 e. The first kappa shape index (κ1) is 15.2. The van der Waals surface area contributed by atoms with Gasteiger partial charge in [-0.3, -0.25) is 0 Å². The van der Waals surface area contributed by atoms with E-state index in [1.54, 1.807) is 0 Å². The number of sulfone groups is 1. The maximum absolute atomic E-state index is 11.8. The Morgan fingerprint density at radius 3 is 2.06 bits per heavy atom. The van der Waals surface area contributed by atoms with Crippen LogP contribution in [0, 0.1) is 5.92 Å². The monoisotopic (exact) mass is 303 g/mol. The van der Waals surface area contributed by atoms with E-state index in [1.165, 1.54) is 4.31 Å². The summed E-state index contributed by atoms with van der Waals surface area (Å²) in [7, 11) is -7.20. The third kappa shape index (κ3) is 4.73. The SMILES string of the molecule is CC(Cl)C1CCN(S(=O)(=O)CS(C)(=O)=O)CC1.